The maximum absolute atomic E-state index is 12.9. The van der Waals surface area contributed by atoms with Crippen molar-refractivity contribution in [3.05, 3.63) is 27.1 Å². The van der Waals surface area contributed by atoms with Gasteiger partial charge < -0.3 is 9.64 Å². The van der Waals surface area contributed by atoms with E-state index in [1.54, 1.807) is 23.3 Å². The highest BCUT2D eigenvalue weighted by atomic mass is 32.1. The van der Waals surface area contributed by atoms with Gasteiger partial charge in [-0.15, -0.1) is 11.3 Å². The van der Waals surface area contributed by atoms with Crippen molar-refractivity contribution in [3.63, 3.8) is 0 Å². The molecular weight excluding hydrogens is 414 g/mol. The number of carbonyl (C=O) groups excluding carboxylic acids is 2. The first-order valence-corrected chi connectivity index (χ1v) is 12.2. The van der Waals surface area contributed by atoms with Gasteiger partial charge in [0, 0.05) is 24.5 Å². The van der Waals surface area contributed by atoms with Crippen LogP contribution in [0.2, 0.25) is 0 Å². The molecule has 0 spiro atoms. The zero-order valence-corrected chi connectivity index (χ0v) is 19.2. The van der Waals surface area contributed by atoms with Gasteiger partial charge in [-0.05, 0) is 62.8 Å². The van der Waals surface area contributed by atoms with E-state index in [2.05, 4.69) is 11.9 Å². The van der Waals surface area contributed by atoms with Crippen molar-refractivity contribution < 1.29 is 14.3 Å². The fourth-order valence-electron chi connectivity index (χ4n) is 4.70. The van der Waals surface area contributed by atoms with Crippen LogP contribution in [0.15, 0.2) is 11.1 Å². The summed E-state index contributed by atoms with van der Waals surface area (Å²) in [6.07, 6.45) is 10.0. The standard InChI is InChI=1S/C23H31N3O4S/c1-15-7-9-16(10-8-15)25(2)19(27)13-30-20(28)11-12-26-14-24-22-21(23(26)29)17-5-3-4-6-18(17)31-22/h14-16H,3-13H2,1-2H3. The molecule has 4 rings (SSSR count). The van der Waals surface area contributed by atoms with Crippen LogP contribution in [-0.4, -0.2) is 46.0 Å². The molecule has 2 aromatic rings. The summed E-state index contributed by atoms with van der Waals surface area (Å²) >= 11 is 1.61. The highest BCUT2D eigenvalue weighted by molar-refractivity contribution is 7.18. The SMILES string of the molecule is CC1CCC(N(C)C(=O)COC(=O)CCn2cnc3sc4c(c3c2=O)CCCC4)CC1. The lowest BCUT2D eigenvalue weighted by molar-refractivity contribution is -0.152. The van der Waals surface area contributed by atoms with Crippen molar-refractivity contribution in [2.45, 2.75) is 77.3 Å². The smallest absolute Gasteiger partial charge is 0.308 e. The number of carbonyl (C=O) groups is 2. The lowest BCUT2D eigenvalue weighted by atomic mass is 9.87. The Morgan fingerprint density at radius 2 is 1.97 bits per heavy atom. The van der Waals surface area contributed by atoms with Crippen LogP contribution in [0.3, 0.4) is 0 Å². The first-order chi connectivity index (χ1) is 14.9. The number of amides is 1. The number of fused-ring (bicyclic) bond motifs is 3. The van der Waals surface area contributed by atoms with Gasteiger partial charge in [-0.1, -0.05) is 6.92 Å². The number of nitrogens with zero attached hydrogens (tertiary/aromatic N) is 3. The first kappa shape index (κ1) is 22.0. The van der Waals surface area contributed by atoms with Crippen LogP contribution in [0.25, 0.3) is 10.2 Å². The molecule has 0 bridgehead atoms. The van der Waals surface area contributed by atoms with Gasteiger partial charge in [0.25, 0.3) is 11.5 Å². The summed E-state index contributed by atoms with van der Waals surface area (Å²) in [6.45, 7) is 2.20. The Morgan fingerprint density at radius 3 is 2.74 bits per heavy atom. The molecule has 1 fully saturated rings. The van der Waals surface area contributed by atoms with E-state index in [1.807, 2.05) is 0 Å². The molecule has 31 heavy (non-hydrogen) atoms. The number of thiophene rings is 1. The van der Waals surface area contributed by atoms with E-state index in [0.29, 0.717) is 11.3 Å². The van der Waals surface area contributed by atoms with E-state index in [1.165, 1.54) is 15.8 Å². The van der Waals surface area contributed by atoms with Crippen LogP contribution in [0.4, 0.5) is 0 Å². The molecule has 8 heteroatoms. The second-order valence-corrected chi connectivity index (χ2v) is 10.0. The molecular formula is C23H31N3O4S. The van der Waals surface area contributed by atoms with Crippen molar-refractivity contribution in [2.75, 3.05) is 13.7 Å². The summed E-state index contributed by atoms with van der Waals surface area (Å²) in [7, 11) is 1.79. The number of esters is 1. The summed E-state index contributed by atoms with van der Waals surface area (Å²) in [5.41, 5.74) is 1.06. The number of ether oxygens (including phenoxy) is 1. The van der Waals surface area contributed by atoms with E-state index in [4.69, 9.17) is 4.74 Å². The zero-order chi connectivity index (χ0) is 22.0. The minimum atomic E-state index is -0.474. The second-order valence-electron chi connectivity index (χ2n) is 8.96. The first-order valence-electron chi connectivity index (χ1n) is 11.3. The topological polar surface area (TPSA) is 81.5 Å². The van der Waals surface area contributed by atoms with Gasteiger partial charge in [0.05, 0.1) is 18.1 Å². The third-order valence-corrected chi connectivity index (χ3v) is 7.98. The molecule has 0 N–H and O–H groups in total. The molecule has 0 radical (unpaired) electrons. The lowest BCUT2D eigenvalue weighted by Crippen LogP contribution is -2.41. The van der Waals surface area contributed by atoms with Gasteiger partial charge in [-0.3, -0.25) is 19.0 Å². The molecule has 0 atom stereocenters. The molecule has 7 nitrogen and oxygen atoms in total. The maximum Gasteiger partial charge on any atom is 0.308 e. The van der Waals surface area contributed by atoms with Gasteiger partial charge >= 0.3 is 5.97 Å². The highest BCUT2D eigenvalue weighted by Gasteiger charge is 2.25. The van der Waals surface area contributed by atoms with Crippen molar-refractivity contribution >= 4 is 33.4 Å². The van der Waals surface area contributed by atoms with Crippen molar-refractivity contribution in [1.82, 2.24) is 14.5 Å². The summed E-state index contributed by atoms with van der Waals surface area (Å²) in [4.78, 5) is 45.8. The van der Waals surface area contributed by atoms with Crippen molar-refractivity contribution in [1.29, 1.82) is 0 Å². The van der Waals surface area contributed by atoms with Gasteiger partial charge in [-0.2, -0.15) is 0 Å². The van der Waals surface area contributed by atoms with Crippen molar-refractivity contribution in [3.8, 4) is 0 Å². The number of rotatable bonds is 6. The lowest BCUT2D eigenvalue weighted by Gasteiger charge is -2.33. The molecule has 2 aromatic heterocycles. The average molecular weight is 446 g/mol. The second kappa shape index (κ2) is 9.51. The van der Waals surface area contributed by atoms with E-state index in [9.17, 15) is 14.4 Å². The van der Waals surface area contributed by atoms with Crippen LogP contribution in [0.1, 0.15) is 62.3 Å². The Labute approximate surface area is 186 Å². The average Bonchev–Trinajstić information content (AvgIpc) is 3.16. The molecule has 0 saturated heterocycles. The monoisotopic (exact) mass is 445 g/mol. The summed E-state index contributed by atoms with van der Waals surface area (Å²) in [5.74, 6) is 0.0747. The predicted octanol–water partition coefficient (Wildman–Crippen LogP) is 3.31. The molecule has 2 heterocycles. The van der Waals surface area contributed by atoms with Crippen LogP contribution < -0.4 is 5.56 Å². The Kier molecular flexibility index (Phi) is 6.74. The largest absolute Gasteiger partial charge is 0.456 e. The number of likely N-dealkylation sites (N-methyl/N-ethyl adjacent to an activating group) is 1. The molecule has 2 aliphatic rings. The van der Waals surface area contributed by atoms with Crippen LogP contribution in [-0.2, 0) is 33.7 Å². The minimum Gasteiger partial charge on any atom is -0.456 e. The zero-order valence-electron chi connectivity index (χ0n) is 18.4. The van der Waals surface area contributed by atoms with Crippen LogP contribution in [0, 0.1) is 5.92 Å². The summed E-state index contributed by atoms with van der Waals surface area (Å²) in [5, 5.41) is 0.717. The Balaban J connectivity index is 1.31. The van der Waals surface area contributed by atoms with Crippen LogP contribution >= 0.6 is 11.3 Å². The Hall–Kier alpha value is -2.22. The highest BCUT2D eigenvalue weighted by Crippen LogP contribution is 2.33. The van der Waals surface area contributed by atoms with E-state index in [-0.39, 0.29) is 37.1 Å². The number of aryl methyl sites for hydroxylation is 3. The molecule has 1 amide bonds. The summed E-state index contributed by atoms with van der Waals surface area (Å²) in [6, 6.07) is 0.232. The minimum absolute atomic E-state index is 0.0390. The molecule has 0 aromatic carbocycles. The van der Waals surface area contributed by atoms with E-state index in [0.717, 1.165) is 61.8 Å². The number of hydrogen-bond donors (Lipinski definition) is 0. The molecule has 0 aliphatic heterocycles. The van der Waals surface area contributed by atoms with Gasteiger partial charge in [0.2, 0.25) is 0 Å². The fourth-order valence-corrected chi connectivity index (χ4v) is 5.92. The quantitative estimate of drug-likeness (QED) is 0.637. The van der Waals surface area contributed by atoms with Gasteiger partial charge in [0.15, 0.2) is 6.61 Å². The van der Waals surface area contributed by atoms with E-state index < -0.39 is 5.97 Å². The van der Waals surface area contributed by atoms with Crippen molar-refractivity contribution in [2.24, 2.45) is 5.92 Å². The normalized spacial score (nSPS) is 21.0. The molecule has 1 saturated carbocycles. The third kappa shape index (κ3) is 4.84. The van der Waals surface area contributed by atoms with Gasteiger partial charge in [0.1, 0.15) is 4.83 Å². The number of hydrogen-bond acceptors (Lipinski definition) is 6. The Bertz CT molecular complexity index is 1020. The summed E-state index contributed by atoms with van der Waals surface area (Å²) < 4.78 is 6.69. The molecule has 0 unspecified atom stereocenters. The maximum atomic E-state index is 12.9. The van der Waals surface area contributed by atoms with Gasteiger partial charge in [-0.25, -0.2) is 4.98 Å². The van der Waals surface area contributed by atoms with Crippen LogP contribution in [0.5, 0.6) is 0 Å². The molecule has 168 valence electrons. The fraction of sp³-hybridized carbons (Fsp3) is 0.652. The number of aromatic nitrogens is 2. The Morgan fingerprint density at radius 1 is 1.23 bits per heavy atom. The van der Waals surface area contributed by atoms with E-state index >= 15 is 0 Å². The molecule has 2 aliphatic carbocycles. The third-order valence-electron chi connectivity index (χ3n) is 6.78. The predicted molar refractivity (Wildman–Crippen MR) is 120 cm³/mol.